The van der Waals surface area contributed by atoms with Crippen LogP contribution in [0.1, 0.15) is 26.3 Å². The molecule has 1 aromatic heterocycles. The van der Waals surface area contributed by atoms with Gasteiger partial charge in [-0.3, -0.25) is 0 Å². The first-order valence-corrected chi connectivity index (χ1v) is 5.46. The normalized spacial score (nSPS) is 12.3. The SMILES string of the molecule is CC(C)(C)c1cccc2oc(Br)cc12. The van der Waals surface area contributed by atoms with Crippen LogP contribution in [0.15, 0.2) is 33.4 Å². The quantitative estimate of drug-likeness (QED) is 0.674. The molecule has 0 amide bonds. The molecule has 0 atom stereocenters. The van der Waals surface area contributed by atoms with Crippen LogP contribution in [0, 0.1) is 0 Å². The molecule has 2 heteroatoms. The van der Waals surface area contributed by atoms with Crippen LogP contribution in [0.4, 0.5) is 0 Å². The zero-order chi connectivity index (χ0) is 10.3. The van der Waals surface area contributed by atoms with Crippen molar-refractivity contribution in [2.24, 2.45) is 0 Å². The molecule has 1 aromatic carbocycles. The zero-order valence-corrected chi connectivity index (χ0v) is 10.2. The highest BCUT2D eigenvalue weighted by molar-refractivity contribution is 9.10. The van der Waals surface area contributed by atoms with Crippen LogP contribution in [0.3, 0.4) is 0 Å². The lowest BCUT2D eigenvalue weighted by molar-refractivity contribution is 0.582. The van der Waals surface area contributed by atoms with E-state index in [2.05, 4.69) is 42.8 Å². The van der Waals surface area contributed by atoms with Crippen LogP contribution >= 0.6 is 15.9 Å². The lowest BCUT2D eigenvalue weighted by Crippen LogP contribution is -2.10. The number of rotatable bonds is 0. The predicted octanol–water partition coefficient (Wildman–Crippen LogP) is 4.49. The highest BCUT2D eigenvalue weighted by atomic mass is 79.9. The maximum Gasteiger partial charge on any atom is 0.170 e. The Balaban J connectivity index is 2.77. The van der Waals surface area contributed by atoms with Gasteiger partial charge in [-0.25, -0.2) is 0 Å². The Kier molecular flexibility index (Phi) is 2.18. The zero-order valence-electron chi connectivity index (χ0n) is 8.60. The molecular formula is C12H13BrO. The van der Waals surface area contributed by atoms with Crippen LogP contribution < -0.4 is 0 Å². The number of furan rings is 1. The van der Waals surface area contributed by atoms with E-state index in [9.17, 15) is 0 Å². The van der Waals surface area contributed by atoms with E-state index >= 15 is 0 Å². The third-order valence-corrected chi connectivity index (χ3v) is 2.73. The molecule has 0 saturated carbocycles. The second-order valence-electron chi connectivity index (χ2n) is 4.52. The molecule has 0 aliphatic rings. The third-order valence-electron chi connectivity index (χ3n) is 2.34. The number of hydrogen-bond donors (Lipinski definition) is 0. The third kappa shape index (κ3) is 1.59. The van der Waals surface area contributed by atoms with Crippen molar-refractivity contribution < 1.29 is 4.42 Å². The first kappa shape index (κ1) is 9.78. The molecule has 0 radical (unpaired) electrons. The fourth-order valence-corrected chi connectivity index (χ4v) is 2.09. The summed E-state index contributed by atoms with van der Waals surface area (Å²) in [7, 11) is 0. The molecule has 2 aromatic rings. The second-order valence-corrected chi connectivity index (χ2v) is 5.30. The first-order valence-electron chi connectivity index (χ1n) is 4.67. The molecule has 14 heavy (non-hydrogen) atoms. The molecule has 0 aliphatic heterocycles. The highest BCUT2D eigenvalue weighted by Crippen LogP contribution is 2.33. The van der Waals surface area contributed by atoms with Gasteiger partial charge in [0.1, 0.15) is 5.58 Å². The minimum Gasteiger partial charge on any atom is -0.449 e. The van der Waals surface area contributed by atoms with E-state index in [0.717, 1.165) is 10.3 Å². The summed E-state index contributed by atoms with van der Waals surface area (Å²) in [5.41, 5.74) is 2.43. The summed E-state index contributed by atoms with van der Waals surface area (Å²) in [5.74, 6) is 0. The smallest absolute Gasteiger partial charge is 0.170 e. The van der Waals surface area contributed by atoms with Gasteiger partial charge in [0, 0.05) is 5.39 Å². The van der Waals surface area contributed by atoms with E-state index < -0.39 is 0 Å². The van der Waals surface area contributed by atoms with E-state index in [0.29, 0.717) is 0 Å². The molecule has 1 heterocycles. The maximum absolute atomic E-state index is 5.52. The summed E-state index contributed by atoms with van der Waals surface area (Å²) >= 11 is 3.36. The summed E-state index contributed by atoms with van der Waals surface area (Å²) in [6.45, 7) is 6.63. The van der Waals surface area contributed by atoms with Gasteiger partial charge in [0.05, 0.1) is 0 Å². The number of hydrogen-bond acceptors (Lipinski definition) is 1. The highest BCUT2D eigenvalue weighted by Gasteiger charge is 2.18. The van der Waals surface area contributed by atoms with Gasteiger partial charge in [0.2, 0.25) is 0 Å². The Hall–Kier alpha value is -0.760. The Bertz CT molecular complexity index is 463. The number of benzene rings is 1. The first-order chi connectivity index (χ1) is 6.48. The minimum atomic E-state index is 0.156. The Morgan fingerprint density at radius 3 is 2.57 bits per heavy atom. The molecule has 0 aliphatic carbocycles. The summed E-state index contributed by atoms with van der Waals surface area (Å²) in [6, 6.07) is 8.23. The van der Waals surface area contributed by atoms with Crippen LogP contribution in [-0.4, -0.2) is 0 Å². The van der Waals surface area contributed by atoms with Crippen molar-refractivity contribution in [1.29, 1.82) is 0 Å². The summed E-state index contributed by atoms with van der Waals surface area (Å²) in [4.78, 5) is 0. The number of halogens is 1. The van der Waals surface area contributed by atoms with E-state index in [1.54, 1.807) is 0 Å². The van der Waals surface area contributed by atoms with Gasteiger partial charge in [-0.15, -0.1) is 0 Å². The van der Waals surface area contributed by atoms with Crippen molar-refractivity contribution in [2.45, 2.75) is 26.2 Å². The van der Waals surface area contributed by atoms with Crippen LogP contribution in [0.25, 0.3) is 11.0 Å². The van der Waals surface area contributed by atoms with E-state index in [-0.39, 0.29) is 5.41 Å². The number of fused-ring (bicyclic) bond motifs is 1. The van der Waals surface area contributed by atoms with Crippen molar-refractivity contribution in [3.05, 3.63) is 34.5 Å². The van der Waals surface area contributed by atoms with Crippen molar-refractivity contribution in [3.63, 3.8) is 0 Å². The van der Waals surface area contributed by atoms with Crippen molar-refractivity contribution >= 4 is 26.9 Å². The average molecular weight is 253 g/mol. The maximum atomic E-state index is 5.52. The fraction of sp³-hybridized carbons (Fsp3) is 0.333. The van der Waals surface area contributed by atoms with Crippen molar-refractivity contribution in [2.75, 3.05) is 0 Å². The molecule has 0 spiro atoms. The Labute approximate surface area is 92.2 Å². The van der Waals surface area contributed by atoms with Gasteiger partial charge in [-0.1, -0.05) is 32.9 Å². The van der Waals surface area contributed by atoms with Crippen LogP contribution in [-0.2, 0) is 5.41 Å². The van der Waals surface area contributed by atoms with Gasteiger partial charge < -0.3 is 4.42 Å². The minimum absolute atomic E-state index is 0.156. The second kappa shape index (κ2) is 3.13. The molecular weight excluding hydrogens is 240 g/mol. The molecule has 1 nitrogen and oxygen atoms in total. The van der Waals surface area contributed by atoms with Gasteiger partial charge in [0.15, 0.2) is 4.67 Å². The summed E-state index contributed by atoms with van der Waals surface area (Å²) < 4.78 is 6.32. The Morgan fingerprint density at radius 1 is 1.21 bits per heavy atom. The molecule has 0 fully saturated rings. The molecule has 0 unspecified atom stereocenters. The van der Waals surface area contributed by atoms with Crippen LogP contribution in [0.5, 0.6) is 0 Å². The van der Waals surface area contributed by atoms with Gasteiger partial charge in [0.25, 0.3) is 0 Å². The van der Waals surface area contributed by atoms with Crippen molar-refractivity contribution in [1.82, 2.24) is 0 Å². The standard InChI is InChI=1S/C12H13BrO/c1-12(2,3)9-5-4-6-10-8(9)7-11(13)14-10/h4-7H,1-3H3. The van der Waals surface area contributed by atoms with Crippen molar-refractivity contribution in [3.8, 4) is 0 Å². The predicted molar refractivity (Wildman–Crippen MR) is 62.6 cm³/mol. The Morgan fingerprint density at radius 2 is 1.93 bits per heavy atom. The van der Waals surface area contributed by atoms with Crippen LogP contribution in [0.2, 0.25) is 0 Å². The topological polar surface area (TPSA) is 13.1 Å². The van der Waals surface area contributed by atoms with E-state index in [1.807, 2.05) is 18.2 Å². The molecule has 0 N–H and O–H groups in total. The summed E-state index contributed by atoms with van der Waals surface area (Å²) in [5, 5.41) is 1.20. The average Bonchev–Trinajstić information content (AvgIpc) is 2.41. The molecule has 0 bridgehead atoms. The molecule has 2 rings (SSSR count). The van der Waals surface area contributed by atoms with E-state index in [1.165, 1.54) is 10.9 Å². The summed E-state index contributed by atoms with van der Waals surface area (Å²) in [6.07, 6.45) is 0. The molecule has 74 valence electrons. The van der Waals surface area contributed by atoms with E-state index in [4.69, 9.17) is 4.42 Å². The largest absolute Gasteiger partial charge is 0.449 e. The lowest BCUT2D eigenvalue weighted by atomic mass is 9.85. The van der Waals surface area contributed by atoms with Gasteiger partial charge >= 0.3 is 0 Å². The molecule has 0 saturated heterocycles. The fourth-order valence-electron chi connectivity index (χ4n) is 1.68. The monoisotopic (exact) mass is 252 g/mol. The lowest BCUT2D eigenvalue weighted by Gasteiger charge is -2.19. The van der Waals surface area contributed by atoms with Gasteiger partial charge in [-0.05, 0) is 39.0 Å². The van der Waals surface area contributed by atoms with Gasteiger partial charge in [-0.2, -0.15) is 0 Å².